The van der Waals surface area contributed by atoms with E-state index in [0.29, 0.717) is 6.54 Å². The smallest absolute Gasteiger partial charge is 0.0406 e. The van der Waals surface area contributed by atoms with E-state index in [2.05, 4.69) is 13.2 Å². The Morgan fingerprint density at radius 2 is 1.86 bits per heavy atom. The van der Waals surface area contributed by atoms with Crippen molar-refractivity contribution in [3.05, 3.63) is 52.9 Å². The fourth-order valence-electron chi connectivity index (χ4n) is 0.911. The van der Waals surface area contributed by atoms with Gasteiger partial charge in [-0.2, -0.15) is 0 Å². The van der Waals surface area contributed by atoms with E-state index in [1.54, 1.807) is 0 Å². The molecule has 0 heterocycles. The molecule has 14 heavy (non-hydrogen) atoms. The highest BCUT2D eigenvalue weighted by Gasteiger charge is 2.01. The monoisotopic (exact) mass is 225 g/mol. The molecule has 2 N–H and O–H groups in total. The van der Waals surface area contributed by atoms with Crippen LogP contribution in [0.3, 0.4) is 0 Å². The van der Waals surface area contributed by atoms with Crippen LogP contribution in [0, 0.1) is 0 Å². The largest absolute Gasteiger partial charge is 0.326 e. The molecular weight excluding hydrogens is 214 g/mol. The van der Waals surface area contributed by atoms with E-state index in [0.717, 1.165) is 20.4 Å². The summed E-state index contributed by atoms with van der Waals surface area (Å²) < 4.78 is 0. The minimum Gasteiger partial charge on any atom is -0.326 e. The van der Waals surface area contributed by atoms with Gasteiger partial charge in [0.1, 0.15) is 0 Å². The molecule has 0 saturated carbocycles. The van der Waals surface area contributed by atoms with Gasteiger partial charge in [-0.25, -0.2) is 0 Å². The predicted molar refractivity (Wildman–Crippen MR) is 66.3 cm³/mol. The zero-order chi connectivity index (χ0) is 10.6. The van der Waals surface area contributed by atoms with Crippen molar-refractivity contribution in [3.8, 4) is 0 Å². The summed E-state index contributed by atoms with van der Waals surface area (Å²) in [6.07, 6.45) is 0. The van der Waals surface area contributed by atoms with Gasteiger partial charge in [-0.3, -0.25) is 0 Å². The first-order chi connectivity index (χ1) is 6.63. The van der Waals surface area contributed by atoms with E-state index in [1.807, 2.05) is 24.3 Å². The van der Waals surface area contributed by atoms with Crippen molar-refractivity contribution >= 4 is 28.3 Å². The highest BCUT2D eigenvalue weighted by Crippen LogP contribution is 2.30. The first-order valence-corrected chi connectivity index (χ1v) is 5.33. The van der Waals surface area contributed by atoms with Crippen molar-refractivity contribution in [3.63, 3.8) is 0 Å². The van der Waals surface area contributed by atoms with Gasteiger partial charge in [0, 0.05) is 16.5 Å². The average Bonchev–Trinajstić information content (AvgIpc) is 2.18. The second-order valence-electron chi connectivity index (χ2n) is 2.77. The Kier molecular flexibility index (Phi) is 4.26. The van der Waals surface area contributed by atoms with Crippen molar-refractivity contribution in [1.82, 2.24) is 0 Å². The summed E-state index contributed by atoms with van der Waals surface area (Å²) in [6.45, 7) is 8.22. The minimum atomic E-state index is 0.470. The third-order valence-corrected chi connectivity index (χ3v) is 2.85. The summed E-state index contributed by atoms with van der Waals surface area (Å²) in [5.74, 6) is 0. The molecule has 1 nitrogen and oxygen atoms in total. The SMILES string of the molecule is C=C(CN)SC(=C)c1ccc(Cl)cc1. The third kappa shape index (κ3) is 3.22. The van der Waals surface area contributed by atoms with Crippen LogP contribution in [-0.2, 0) is 0 Å². The zero-order valence-corrected chi connectivity index (χ0v) is 9.37. The lowest BCUT2D eigenvalue weighted by molar-refractivity contribution is 1.24. The summed E-state index contributed by atoms with van der Waals surface area (Å²) in [5.41, 5.74) is 6.49. The maximum Gasteiger partial charge on any atom is 0.0406 e. The van der Waals surface area contributed by atoms with Crippen LogP contribution in [0.5, 0.6) is 0 Å². The van der Waals surface area contributed by atoms with Crippen molar-refractivity contribution in [2.75, 3.05) is 6.54 Å². The highest BCUT2D eigenvalue weighted by atomic mass is 35.5. The normalized spacial score (nSPS) is 9.86. The van der Waals surface area contributed by atoms with Crippen LogP contribution in [0.4, 0.5) is 0 Å². The number of thioether (sulfide) groups is 1. The molecule has 0 aliphatic heterocycles. The molecule has 0 aliphatic carbocycles. The standard InChI is InChI=1S/C11H12ClNS/c1-8(7-13)14-9(2)10-3-5-11(12)6-4-10/h3-6H,1-2,7,13H2. The van der Waals surface area contributed by atoms with Crippen molar-refractivity contribution < 1.29 is 0 Å². The Hall–Kier alpha value is -0.700. The Balaban J connectivity index is 2.70. The molecule has 0 fully saturated rings. The second kappa shape index (κ2) is 5.25. The molecule has 0 bridgehead atoms. The Morgan fingerprint density at radius 1 is 1.29 bits per heavy atom. The highest BCUT2D eigenvalue weighted by molar-refractivity contribution is 8.11. The Bertz CT molecular complexity index is 343. The van der Waals surface area contributed by atoms with Crippen LogP contribution in [-0.4, -0.2) is 6.54 Å². The summed E-state index contributed by atoms with van der Waals surface area (Å²) in [7, 11) is 0. The van der Waals surface area contributed by atoms with Gasteiger partial charge in [0.05, 0.1) is 0 Å². The maximum atomic E-state index is 5.78. The number of rotatable bonds is 4. The first-order valence-electron chi connectivity index (χ1n) is 4.14. The van der Waals surface area contributed by atoms with Gasteiger partial charge in [0.25, 0.3) is 0 Å². The molecule has 0 radical (unpaired) electrons. The summed E-state index contributed by atoms with van der Waals surface area (Å²) >= 11 is 7.28. The van der Waals surface area contributed by atoms with Crippen LogP contribution < -0.4 is 5.73 Å². The average molecular weight is 226 g/mol. The lowest BCUT2D eigenvalue weighted by Crippen LogP contribution is -1.98. The van der Waals surface area contributed by atoms with Gasteiger partial charge in [-0.15, -0.1) is 0 Å². The Morgan fingerprint density at radius 3 is 2.36 bits per heavy atom. The number of benzene rings is 1. The quantitative estimate of drug-likeness (QED) is 0.849. The topological polar surface area (TPSA) is 26.0 Å². The van der Waals surface area contributed by atoms with Crippen LogP contribution >= 0.6 is 23.4 Å². The van der Waals surface area contributed by atoms with E-state index in [-0.39, 0.29) is 0 Å². The van der Waals surface area contributed by atoms with E-state index in [9.17, 15) is 0 Å². The predicted octanol–water partition coefficient (Wildman–Crippen LogP) is 3.52. The first kappa shape index (κ1) is 11.4. The number of nitrogens with two attached hydrogens (primary N) is 1. The molecule has 3 heteroatoms. The van der Waals surface area contributed by atoms with E-state index < -0.39 is 0 Å². The second-order valence-corrected chi connectivity index (χ2v) is 4.49. The molecule has 0 atom stereocenters. The Labute approximate surface area is 93.6 Å². The lowest BCUT2D eigenvalue weighted by atomic mass is 10.2. The van der Waals surface area contributed by atoms with Crippen LogP contribution in [0.15, 0.2) is 42.3 Å². The van der Waals surface area contributed by atoms with Gasteiger partial charge >= 0.3 is 0 Å². The van der Waals surface area contributed by atoms with Crippen LogP contribution in [0.1, 0.15) is 5.56 Å². The molecule has 74 valence electrons. The molecule has 0 amide bonds. The van der Waals surface area contributed by atoms with Crippen molar-refractivity contribution in [2.24, 2.45) is 5.73 Å². The maximum absolute atomic E-state index is 5.78. The van der Waals surface area contributed by atoms with Gasteiger partial charge in [-0.1, -0.05) is 48.7 Å². The molecule has 0 saturated heterocycles. The van der Waals surface area contributed by atoms with E-state index in [4.69, 9.17) is 17.3 Å². The zero-order valence-electron chi connectivity index (χ0n) is 7.79. The summed E-state index contributed by atoms with van der Waals surface area (Å²) in [4.78, 5) is 1.85. The molecule has 0 spiro atoms. The summed E-state index contributed by atoms with van der Waals surface area (Å²) in [6, 6.07) is 7.55. The molecule has 1 aromatic carbocycles. The van der Waals surface area contributed by atoms with Crippen molar-refractivity contribution in [1.29, 1.82) is 0 Å². The van der Waals surface area contributed by atoms with Crippen LogP contribution in [0.2, 0.25) is 5.02 Å². The molecule has 0 unspecified atom stereocenters. The molecule has 1 aromatic rings. The lowest BCUT2D eigenvalue weighted by Gasteiger charge is -2.06. The third-order valence-electron chi connectivity index (χ3n) is 1.66. The van der Waals surface area contributed by atoms with Gasteiger partial charge < -0.3 is 5.73 Å². The molecular formula is C11H12ClNS. The van der Waals surface area contributed by atoms with Crippen LogP contribution in [0.25, 0.3) is 4.91 Å². The fourth-order valence-corrected chi connectivity index (χ4v) is 1.72. The van der Waals surface area contributed by atoms with Gasteiger partial charge in [0.15, 0.2) is 0 Å². The van der Waals surface area contributed by atoms with E-state index >= 15 is 0 Å². The molecule has 1 rings (SSSR count). The number of hydrogen-bond acceptors (Lipinski definition) is 2. The number of hydrogen-bond donors (Lipinski definition) is 1. The molecule has 0 aromatic heterocycles. The summed E-state index contributed by atoms with van der Waals surface area (Å²) in [5, 5.41) is 0.726. The molecule has 0 aliphatic rings. The minimum absolute atomic E-state index is 0.470. The van der Waals surface area contributed by atoms with Crippen molar-refractivity contribution in [2.45, 2.75) is 0 Å². The van der Waals surface area contributed by atoms with Gasteiger partial charge in [0.2, 0.25) is 0 Å². The van der Waals surface area contributed by atoms with E-state index in [1.165, 1.54) is 11.8 Å². The van der Waals surface area contributed by atoms with Gasteiger partial charge in [-0.05, 0) is 22.6 Å². The fraction of sp³-hybridized carbons (Fsp3) is 0.0909. The number of halogens is 1.